The summed E-state index contributed by atoms with van der Waals surface area (Å²) >= 11 is 0. The maximum absolute atomic E-state index is 12.2. The Hall–Kier alpha value is -2.62. The lowest BCUT2D eigenvalue weighted by Crippen LogP contribution is -2.09. The van der Waals surface area contributed by atoms with Crippen molar-refractivity contribution in [3.8, 4) is 5.75 Å². The molecule has 0 aliphatic rings. The van der Waals surface area contributed by atoms with Gasteiger partial charge in [-0.25, -0.2) is 0 Å². The van der Waals surface area contributed by atoms with Gasteiger partial charge in [0.15, 0.2) is 5.78 Å². The minimum Gasteiger partial charge on any atom is -0.490 e. The highest BCUT2D eigenvalue weighted by molar-refractivity contribution is 6.08. The van der Waals surface area contributed by atoms with E-state index in [-0.39, 0.29) is 25.0 Å². The Kier molecular flexibility index (Phi) is 5.10. The van der Waals surface area contributed by atoms with Crippen LogP contribution in [-0.4, -0.2) is 25.0 Å². The van der Waals surface area contributed by atoms with Crippen molar-refractivity contribution >= 4 is 11.8 Å². The Bertz CT molecular complexity index is 602. The van der Waals surface area contributed by atoms with Crippen LogP contribution in [-0.2, 0) is 9.53 Å². The second-order valence-electron chi connectivity index (χ2n) is 4.41. The van der Waals surface area contributed by atoms with Crippen molar-refractivity contribution in [2.24, 2.45) is 0 Å². The summed E-state index contributed by atoms with van der Waals surface area (Å²) in [6.07, 6.45) is 0. The number of benzene rings is 2. The van der Waals surface area contributed by atoms with Gasteiger partial charge in [0, 0.05) is 18.1 Å². The van der Waals surface area contributed by atoms with Crippen LogP contribution in [0.4, 0.5) is 0 Å². The molecular weight excluding hydrogens is 268 g/mol. The van der Waals surface area contributed by atoms with Crippen molar-refractivity contribution in [1.29, 1.82) is 0 Å². The summed E-state index contributed by atoms with van der Waals surface area (Å²) in [6.45, 7) is 1.84. The molecule has 4 heteroatoms. The summed E-state index contributed by atoms with van der Waals surface area (Å²) in [5.74, 6) is 0.274. The SMILES string of the molecule is CC(=O)OCCOc1ccc(C(=O)c2ccccc2)cc1. The predicted octanol–water partition coefficient (Wildman–Crippen LogP) is 2.86. The summed E-state index contributed by atoms with van der Waals surface area (Å²) in [7, 11) is 0. The molecule has 0 saturated carbocycles. The number of ketones is 1. The van der Waals surface area contributed by atoms with Gasteiger partial charge in [-0.3, -0.25) is 9.59 Å². The zero-order chi connectivity index (χ0) is 15.1. The largest absolute Gasteiger partial charge is 0.490 e. The van der Waals surface area contributed by atoms with Gasteiger partial charge >= 0.3 is 5.97 Å². The van der Waals surface area contributed by atoms with Gasteiger partial charge in [0.2, 0.25) is 0 Å². The lowest BCUT2D eigenvalue weighted by atomic mass is 10.0. The lowest BCUT2D eigenvalue weighted by Gasteiger charge is -2.07. The van der Waals surface area contributed by atoms with E-state index in [1.54, 1.807) is 36.4 Å². The molecule has 2 rings (SSSR count). The quantitative estimate of drug-likeness (QED) is 0.465. The molecule has 0 unspecified atom stereocenters. The first-order valence-corrected chi connectivity index (χ1v) is 6.63. The molecule has 0 saturated heterocycles. The molecule has 0 fully saturated rings. The molecule has 0 aliphatic heterocycles. The molecule has 0 N–H and O–H groups in total. The molecule has 0 amide bonds. The standard InChI is InChI=1S/C17H16O4/c1-13(18)20-11-12-21-16-9-7-15(8-10-16)17(19)14-5-3-2-4-6-14/h2-10H,11-12H2,1H3. The average molecular weight is 284 g/mol. The van der Waals surface area contributed by atoms with Crippen LogP contribution >= 0.6 is 0 Å². The van der Waals surface area contributed by atoms with Crippen LogP contribution in [0, 0.1) is 0 Å². The second kappa shape index (κ2) is 7.24. The normalized spacial score (nSPS) is 9.95. The highest BCUT2D eigenvalue weighted by Gasteiger charge is 2.08. The Morgan fingerprint density at radius 2 is 1.48 bits per heavy atom. The minimum absolute atomic E-state index is 0.0259. The summed E-state index contributed by atoms with van der Waals surface area (Å²) in [6, 6.07) is 16.0. The van der Waals surface area contributed by atoms with E-state index in [2.05, 4.69) is 0 Å². The van der Waals surface area contributed by atoms with Crippen molar-refractivity contribution in [1.82, 2.24) is 0 Å². The number of hydrogen-bond acceptors (Lipinski definition) is 4. The molecule has 0 aromatic heterocycles. The summed E-state index contributed by atoms with van der Waals surface area (Å²) in [5.41, 5.74) is 1.26. The van der Waals surface area contributed by atoms with E-state index < -0.39 is 0 Å². The topological polar surface area (TPSA) is 52.6 Å². The Morgan fingerprint density at radius 3 is 2.10 bits per heavy atom. The van der Waals surface area contributed by atoms with Crippen LogP contribution in [0.1, 0.15) is 22.8 Å². The predicted molar refractivity (Wildman–Crippen MR) is 78.4 cm³/mol. The molecule has 108 valence electrons. The molecule has 0 bridgehead atoms. The molecule has 2 aromatic rings. The van der Waals surface area contributed by atoms with Gasteiger partial charge in [0.05, 0.1) is 0 Å². The Labute approximate surface area is 123 Å². The van der Waals surface area contributed by atoms with Gasteiger partial charge in [-0.2, -0.15) is 0 Å². The summed E-state index contributed by atoms with van der Waals surface area (Å²) in [5, 5.41) is 0. The second-order valence-corrected chi connectivity index (χ2v) is 4.41. The van der Waals surface area contributed by atoms with E-state index in [4.69, 9.17) is 9.47 Å². The number of rotatable bonds is 6. The van der Waals surface area contributed by atoms with E-state index in [9.17, 15) is 9.59 Å². The van der Waals surface area contributed by atoms with Gasteiger partial charge in [-0.05, 0) is 24.3 Å². The van der Waals surface area contributed by atoms with Crippen molar-refractivity contribution in [2.75, 3.05) is 13.2 Å². The molecular formula is C17H16O4. The number of hydrogen-bond donors (Lipinski definition) is 0. The first-order chi connectivity index (χ1) is 10.2. The highest BCUT2D eigenvalue weighted by Crippen LogP contribution is 2.15. The van der Waals surface area contributed by atoms with Crippen molar-refractivity contribution in [3.63, 3.8) is 0 Å². The molecule has 0 aliphatic carbocycles. The minimum atomic E-state index is -0.331. The zero-order valence-corrected chi connectivity index (χ0v) is 11.7. The monoisotopic (exact) mass is 284 g/mol. The van der Waals surface area contributed by atoms with Crippen LogP contribution in [0.5, 0.6) is 5.75 Å². The van der Waals surface area contributed by atoms with Gasteiger partial charge in [-0.1, -0.05) is 30.3 Å². The van der Waals surface area contributed by atoms with Crippen molar-refractivity contribution in [3.05, 3.63) is 65.7 Å². The van der Waals surface area contributed by atoms with Gasteiger partial charge in [0.1, 0.15) is 19.0 Å². The molecule has 4 nitrogen and oxygen atoms in total. The maximum Gasteiger partial charge on any atom is 0.302 e. The highest BCUT2D eigenvalue weighted by atomic mass is 16.6. The summed E-state index contributed by atoms with van der Waals surface area (Å²) in [4.78, 5) is 22.8. The van der Waals surface area contributed by atoms with E-state index in [1.165, 1.54) is 6.92 Å². The molecule has 0 heterocycles. The maximum atomic E-state index is 12.2. The third-order valence-electron chi connectivity index (χ3n) is 2.81. The average Bonchev–Trinajstić information content (AvgIpc) is 2.52. The first kappa shape index (κ1) is 14.8. The molecule has 21 heavy (non-hydrogen) atoms. The van der Waals surface area contributed by atoms with E-state index >= 15 is 0 Å². The smallest absolute Gasteiger partial charge is 0.302 e. The lowest BCUT2D eigenvalue weighted by molar-refractivity contribution is -0.141. The van der Waals surface area contributed by atoms with E-state index in [1.807, 2.05) is 18.2 Å². The third kappa shape index (κ3) is 4.45. The number of ether oxygens (including phenoxy) is 2. The molecule has 2 aromatic carbocycles. The van der Waals surface area contributed by atoms with Crippen LogP contribution < -0.4 is 4.74 Å². The van der Waals surface area contributed by atoms with E-state index in [0.29, 0.717) is 16.9 Å². The fraction of sp³-hybridized carbons (Fsp3) is 0.176. The summed E-state index contributed by atoms with van der Waals surface area (Å²) < 4.78 is 10.2. The van der Waals surface area contributed by atoms with Gasteiger partial charge < -0.3 is 9.47 Å². The fourth-order valence-corrected chi connectivity index (χ4v) is 1.80. The van der Waals surface area contributed by atoms with Gasteiger partial charge in [-0.15, -0.1) is 0 Å². The van der Waals surface area contributed by atoms with Crippen LogP contribution in [0.15, 0.2) is 54.6 Å². The van der Waals surface area contributed by atoms with Crippen LogP contribution in [0.2, 0.25) is 0 Å². The van der Waals surface area contributed by atoms with E-state index in [0.717, 1.165) is 0 Å². The van der Waals surface area contributed by atoms with Crippen molar-refractivity contribution in [2.45, 2.75) is 6.92 Å². The molecule has 0 spiro atoms. The number of carbonyl (C=O) groups is 2. The number of carbonyl (C=O) groups excluding carboxylic acids is 2. The fourth-order valence-electron chi connectivity index (χ4n) is 1.80. The Balaban J connectivity index is 1.93. The van der Waals surface area contributed by atoms with Crippen molar-refractivity contribution < 1.29 is 19.1 Å². The Morgan fingerprint density at radius 1 is 0.857 bits per heavy atom. The molecule has 0 atom stereocenters. The van der Waals surface area contributed by atoms with Crippen LogP contribution in [0.25, 0.3) is 0 Å². The zero-order valence-electron chi connectivity index (χ0n) is 11.7. The first-order valence-electron chi connectivity index (χ1n) is 6.63. The van der Waals surface area contributed by atoms with Crippen LogP contribution in [0.3, 0.4) is 0 Å². The number of esters is 1. The van der Waals surface area contributed by atoms with Gasteiger partial charge in [0.25, 0.3) is 0 Å². The molecule has 0 radical (unpaired) electrons. The third-order valence-corrected chi connectivity index (χ3v) is 2.81.